The van der Waals surface area contributed by atoms with Crippen molar-refractivity contribution in [2.45, 2.75) is 32.0 Å². The summed E-state index contributed by atoms with van der Waals surface area (Å²) in [6.07, 6.45) is 4.26. The topological polar surface area (TPSA) is 54.3 Å². The van der Waals surface area contributed by atoms with Gasteiger partial charge < -0.3 is 14.8 Å². The molecule has 1 atom stereocenters. The lowest BCUT2D eigenvalue weighted by Gasteiger charge is -2.35. The van der Waals surface area contributed by atoms with E-state index in [1.54, 1.807) is 4.90 Å². The number of carbonyl (C=O) groups excluding carboxylic acids is 2. The van der Waals surface area contributed by atoms with E-state index in [1.807, 2.05) is 53.2 Å². The van der Waals surface area contributed by atoms with E-state index in [2.05, 4.69) is 5.32 Å². The molecule has 5 nitrogen and oxygen atoms in total. The lowest BCUT2D eigenvalue weighted by atomic mass is 10.1. The van der Waals surface area contributed by atoms with Crippen molar-refractivity contribution in [3.63, 3.8) is 0 Å². The first-order valence-corrected chi connectivity index (χ1v) is 8.50. The summed E-state index contributed by atoms with van der Waals surface area (Å²) >= 11 is 0. The molecule has 1 saturated carbocycles. The van der Waals surface area contributed by atoms with Crippen LogP contribution < -0.4 is 5.32 Å². The second-order valence-electron chi connectivity index (χ2n) is 6.67. The lowest BCUT2D eigenvalue weighted by Crippen LogP contribution is -2.54. The minimum Gasteiger partial charge on any atom is -0.354 e. The Bertz CT molecular complexity index is 749. The molecule has 1 aromatic carbocycles. The average Bonchev–Trinajstić information content (AvgIpc) is 3.31. The molecule has 0 radical (unpaired) electrons. The van der Waals surface area contributed by atoms with Gasteiger partial charge in [-0.2, -0.15) is 0 Å². The fourth-order valence-electron chi connectivity index (χ4n) is 3.21. The predicted molar refractivity (Wildman–Crippen MR) is 90.3 cm³/mol. The van der Waals surface area contributed by atoms with Crippen molar-refractivity contribution in [2.24, 2.45) is 5.92 Å². The highest BCUT2D eigenvalue weighted by Gasteiger charge is 2.37. The summed E-state index contributed by atoms with van der Waals surface area (Å²) in [7, 11) is 0. The fraction of sp³-hybridized carbons (Fsp3) is 0.368. The first kappa shape index (κ1) is 15.0. The maximum Gasteiger partial charge on any atom is 0.271 e. The molecule has 1 unspecified atom stereocenters. The number of rotatable bonds is 5. The third kappa shape index (κ3) is 2.94. The smallest absolute Gasteiger partial charge is 0.271 e. The summed E-state index contributed by atoms with van der Waals surface area (Å²) < 4.78 is 1.88. The minimum absolute atomic E-state index is 0.0504. The van der Waals surface area contributed by atoms with Crippen molar-refractivity contribution in [2.75, 3.05) is 6.54 Å². The van der Waals surface area contributed by atoms with Gasteiger partial charge in [-0.3, -0.25) is 9.59 Å². The maximum atomic E-state index is 12.9. The summed E-state index contributed by atoms with van der Waals surface area (Å²) in [5, 5.41) is 3.03. The van der Waals surface area contributed by atoms with Gasteiger partial charge in [0, 0.05) is 19.3 Å². The third-order valence-electron chi connectivity index (χ3n) is 4.82. The van der Waals surface area contributed by atoms with Gasteiger partial charge in [0.25, 0.3) is 5.91 Å². The second-order valence-corrected chi connectivity index (χ2v) is 6.67. The molecular weight excluding hydrogens is 302 g/mol. The van der Waals surface area contributed by atoms with Crippen LogP contribution in [0, 0.1) is 5.92 Å². The van der Waals surface area contributed by atoms with Gasteiger partial charge in [0.2, 0.25) is 5.91 Å². The van der Waals surface area contributed by atoms with E-state index in [4.69, 9.17) is 0 Å². The van der Waals surface area contributed by atoms with Crippen LogP contribution in [0.3, 0.4) is 0 Å². The van der Waals surface area contributed by atoms with E-state index in [1.165, 1.54) is 12.8 Å². The van der Waals surface area contributed by atoms with Gasteiger partial charge in [-0.05, 0) is 36.5 Å². The van der Waals surface area contributed by atoms with Crippen LogP contribution in [0.5, 0.6) is 0 Å². The highest BCUT2D eigenvalue weighted by molar-refractivity contribution is 5.97. The normalized spacial score (nSPS) is 19.9. The number of hydrogen-bond acceptors (Lipinski definition) is 2. The van der Waals surface area contributed by atoms with Crippen LogP contribution in [0.1, 0.15) is 28.9 Å². The number of aromatic nitrogens is 1. The van der Waals surface area contributed by atoms with Gasteiger partial charge in [-0.25, -0.2) is 0 Å². The lowest BCUT2D eigenvalue weighted by molar-refractivity contribution is -0.126. The van der Waals surface area contributed by atoms with E-state index in [9.17, 15) is 9.59 Å². The van der Waals surface area contributed by atoms with Gasteiger partial charge >= 0.3 is 0 Å². The molecule has 1 fully saturated rings. The average molecular weight is 323 g/mol. The van der Waals surface area contributed by atoms with E-state index in [0.717, 1.165) is 12.1 Å². The number of amides is 2. The molecule has 1 aliphatic carbocycles. The number of benzene rings is 1. The Balaban J connectivity index is 1.58. The van der Waals surface area contributed by atoms with E-state index in [0.29, 0.717) is 24.7 Å². The zero-order valence-corrected chi connectivity index (χ0v) is 13.5. The van der Waals surface area contributed by atoms with Gasteiger partial charge in [0.1, 0.15) is 11.7 Å². The number of nitrogens with zero attached hydrogens (tertiary/aromatic N) is 2. The number of nitrogens with one attached hydrogen (secondary N) is 1. The Labute approximate surface area is 141 Å². The van der Waals surface area contributed by atoms with Gasteiger partial charge in [0.15, 0.2) is 0 Å². The summed E-state index contributed by atoms with van der Waals surface area (Å²) in [5.41, 5.74) is 1.68. The van der Waals surface area contributed by atoms with Crippen LogP contribution in [0.25, 0.3) is 0 Å². The number of carbonyl (C=O) groups is 2. The zero-order valence-electron chi connectivity index (χ0n) is 13.5. The summed E-state index contributed by atoms with van der Waals surface area (Å²) in [6, 6.07) is 13.0. The van der Waals surface area contributed by atoms with Crippen LogP contribution in [0.15, 0.2) is 48.7 Å². The Kier molecular flexibility index (Phi) is 3.84. The van der Waals surface area contributed by atoms with E-state index >= 15 is 0 Å². The highest BCUT2D eigenvalue weighted by atomic mass is 16.2. The van der Waals surface area contributed by atoms with Crippen molar-refractivity contribution in [1.82, 2.24) is 14.8 Å². The third-order valence-corrected chi connectivity index (χ3v) is 4.82. The van der Waals surface area contributed by atoms with Crippen molar-refractivity contribution in [3.05, 3.63) is 59.9 Å². The molecule has 2 aliphatic rings. The largest absolute Gasteiger partial charge is 0.354 e. The quantitative estimate of drug-likeness (QED) is 0.915. The van der Waals surface area contributed by atoms with Crippen molar-refractivity contribution < 1.29 is 9.59 Å². The number of fused-ring (bicyclic) bond motifs is 1. The van der Waals surface area contributed by atoms with Crippen LogP contribution in [-0.4, -0.2) is 33.9 Å². The molecule has 24 heavy (non-hydrogen) atoms. The van der Waals surface area contributed by atoms with Crippen LogP contribution in [-0.2, 0) is 17.9 Å². The second kappa shape index (κ2) is 6.15. The summed E-state index contributed by atoms with van der Waals surface area (Å²) in [5.74, 6) is 0.491. The Morgan fingerprint density at radius 1 is 1.12 bits per heavy atom. The summed E-state index contributed by atoms with van der Waals surface area (Å²) in [4.78, 5) is 27.3. The SMILES string of the molecule is O=C(NCC1CC1)C1Cn2cccc2C(=O)N1Cc1ccccc1. The summed E-state index contributed by atoms with van der Waals surface area (Å²) in [6.45, 7) is 1.69. The van der Waals surface area contributed by atoms with Crippen molar-refractivity contribution >= 4 is 11.8 Å². The predicted octanol–water partition coefficient (Wildman–Crippen LogP) is 2.04. The Hall–Kier alpha value is -2.56. The van der Waals surface area contributed by atoms with Gasteiger partial charge in [0.05, 0.1) is 6.54 Å². The molecule has 0 spiro atoms. The van der Waals surface area contributed by atoms with Crippen molar-refractivity contribution in [3.8, 4) is 0 Å². The monoisotopic (exact) mass is 323 g/mol. The van der Waals surface area contributed by atoms with Crippen molar-refractivity contribution in [1.29, 1.82) is 0 Å². The molecule has 124 valence electrons. The first-order chi connectivity index (χ1) is 11.7. The zero-order chi connectivity index (χ0) is 16.5. The molecule has 2 aromatic rings. The number of hydrogen-bond donors (Lipinski definition) is 1. The van der Waals surface area contributed by atoms with E-state index < -0.39 is 6.04 Å². The van der Waals surface area contributed by atoms with Gasteiger partial charge in [-0.1, -0.05) is 30.3 Å². The molecule has 1 aromatic heterocycles. The van der Waals surface area contributed by atoms with Gasteiger partial charge in [-0.15, -0.1) is 0 Å². The molecular formula is C19H21N3O2. The Morgan fingerprint density at radius 2 is 1.92 bits per heavy atom. The first-order valence-electron chi connectivity index (χ1n) is 8.50. The molecule has 4 rings (SSSR count). The molecule has 2 heterocycles. The molecule has 1 N–H and O–H groups in total. The fourth-order valence-corrected chi connectivity index (χ4v) is 3.21. The highest BCUT2D eigenvalue weighted by Crippen LogP contribution is 2.28. The standard InChI is InChI=1S/C19H21N3O2/c23-18(20-11-14-8-9-14)17-13-21-10-4-7-16(21)19(24)22(17)12-15-5-2-1-3-6-15/h1-7,10,14,17H,8-9,11-13H2,(H,20,23). The molecule has 1 aliphatic heterocycles. The van der Waals surface area contributed by atoms with Crippen LogP contribution >= 0.6 is 0 Å². The molecule has 0 saturated heterocycles. The maximum absolute atomic E-state index is 12.9. The Morgan fingerprint density at radius 3 is 2.67 bits per heavy atom. The van der Waals surface area contributed by atoms with E-state index in [-0.39, 0.29) is 11.8 Å². The minimum atomic E-state index is -0.462. The van der Waals surface area contributed by atoms with Crippen LogP contribution in [0.4, 0.5) is 0 Å². The molecule has 0 bridgehead atoms. The van der Waals surface area contributed by atoms with Crippen LogP contribution in [0.2, 0.25) is 0 Å². The molecule has 5 heteroatoms. The molecule has 2 amide bonds.